The summed E-state index contributed by atoms with van der Waals surface area (Å²) < 4.78 is 40.6. The number of carbonyl (C=O) groups excluding carboxylic acids is 1. The first-order valence-electron chi connectivity index (χ1n) is 2.70. The second-order valence-corrected chi connectivity index (χ2v) is 6.91. The number of nitrogens with one attached hydrogen (secondary N) is 1. The van der Waals surface area contributed by atoms with Gasteiger partial charge in [0.25, 0.3) is 5.91 Å². The average Bonchev–Trinajstić information content (AvgIpc) is 1.49. The minimum absolute atomic E-state index is 0.602. The van der Waals surface area contributed by atoms with Gasteiger partial charge in [-0.3, -0.25) is 10.5 Å². The third-order valence-electron chi connectivity index (χ3n) is 0.992. The van der Waals surface area contributed by atoms with Gasteiger partial charge >= 0.3 is 0 Å². The van der Waals surface area contributed by atoms with Crippen molar-refractivity contribution in [1.29, 1.82) is 0 Å². The van der Waals surface area contributed by atoms with Crippen molar-refractivity contribution < 1.29 is 21.6 Å². The van der Waals surface area contributed by atoms with Gasteiger partial charge in [-0.2, -0.15) is 0 Å². The number of rotatable bonds is 3. The van der Waals surface area contributed by atoms with Crippen molar-refractivity contribution in [3.8, 4) is 0 Å². The van der Waals surface area contributed by atoms with Gasteiger partial charge in [0, 0.05) is 12.5 Å². The summed E-state index contributed by atoms with van der Waals surface area (Å²) in [4.78, 5) is 10.3. The molecule has 0 aliphatic heterocycles. The summed E-state index contributed by atoms with van der Waals surface area (Å²) in [6.45, 7) is 0. The largest absolute Gasteiger partial charge is 0.272 e. The molecule has 0 bridgehead atoms. The Bertz CT molecular complexity index is 346. The van der Waals surface area contributed by atoms with Crippen LogP contribution in [0.4, 0.5) is 0 Å². The minimum Gasteiger partial charge on any atom is -0.271 e. The maximum Gasteiger partial charge on any atom is 0.272 e. The number of amides is 1. The molecule has 0 saturated carbocycles. The maximum absolute atomic E-state index is 10.7. The Kier molecular flexibility index (Phi) is 2.86. The molecule has 0 aliphatic carbocycles. The second kappa shape index (κ2) is 3.02. The zero-order valence-corrected chi connectivity index (χ0v) is 8.07. The summed E-state index contributed by atoms with van der Waals surface area (Å²) in [5.74, 6) is -1.63. The van der Waals surface area contributed by atoms with Gasteiger partial charge in [-0.25, -0.2) is 16.8 Å². The van der Waals surface area contributed by atoms with Gasteiger partial charge in [0.05, 0.1) is 0 Å². The monoisotopic (exact) mass is 214 g/mol. The molecular weight excluding hydrogens is 206 g/mol. The quantitative estimate of drug-likeness (QED) is 0.551. The summed E-state index contributed by atoms with van der Waals surface area (Å²) in [6, 6.07) is 0. The lowest BCUT2D eigenvalue weighted by atomic mass is 10.7. The zero-order chi connectivity index (χ0) is 10.2. The van der Waals surface area contributed by atoms with E-state index >= 15 is 0 Å². The van der Waals surface area contributed by atoms with E-state index in [2.05, 4.69) is 0 Å². The predicted octanol–water partition coefficient (Wildman–Crippen LogP) is -1.79. The molecule has 0 saturated heterocycles. The number of hydrogen-bond donors (Lipinski definition) is 0. The fourth-order valence-corrected chi connectivity index (χ4v) is 4.02. The van der Waals surface area contributed by atoms with Crippen molar-refractivity contribution in [2.24, 2.45) is 0 Å². The van der Waals surface area contributed by atoms with E-state index in [0.29, 0.717) is 12.5 Å². The fourth-order valence-electron chi connectivity index (χ4n) is 0.706. The van der Waals surface area contributed by atoms with E-state index in [1.54, 1.807) is 0 Å². The van der Waals surface area contributed by atoms with Gasteiger partial charge < -0.3 is 0 Å². The molecule has 0 heterocycles. The van der Waals surface area contributed by atoms with E-state index in [0.717, 1.165) is 0 Å². The Morgan fingerprint density at radius 2 is 1.33 bits per heavy atom. The smallest absolute Gasteiger partial charge is 0.271 e. The van der Waals surface area contributed by atoms with Crippen LogP contribution in [-0.2, 0) is 24.5 Å². The predicted molar refractivity (Wildman–Crippen MR) is 41.6 cm³/mol. The molecular formula is C4H8NO5S2. The highest BCUT2D eigenvalue weighted by atomic mass is 32.3. The summed E-state index contributed by atoms with van der Waals surface area (Å²) >= 11 is 0. The first-order valence-corrected chi connectivity index (χ1v) is 6.61. The Labute approximate surface area is 70.6 Å². The molecule has 0 aromatic rings. The Morgan fingerprint density at radius 3 is 1.33 bits per heavy atom. The normalized spacial score (nSPS) is 13.2. The Balaban J connectivity index is 5.42. The number of sulfone groups is 2. The molecule has 0 rings (SSSR count). The van der Waals surface area contributed by atoms with Crippen LogP contribution in [0.25, 0.3) is 0 Å². The van der Waals surface area contributed by atoms with E-state index in [4.69, 9.17) is 5.73 Å². The van der Waals surface area contributed by atoms with Gasteiger partial charge in [-0.05, 0) is 0 Å². The van der Waals surface area contributed by atoms with Gasteiger partial charge in [0.15, 0.2) is 19.7 Å². The topological polar surface area (TPSA) is 109 Å². The molecule has 1 amide bonds. The van der Waals surface area contributed by atoms with Gasteiger partial charge in [0.1, 0.15) is 0 Å². The molecule has 1 N–H and O–H groups in total. The van der Waals surface area contributed by atoms with E-state index in [1.165, 1.54) is 0 Å². The van der Waals surface area contributed by atoms with Crippen molar-refractivity contribution >= 4 is 25.6 Å². The standard InChI is InChI=1S/C4H8NO5S2/c1-11(7,8)4(3(5)6)12(2,9)10/h4-5H,1-2H3. The summed E-state index contributed by atoms with van der Waals surface area (Å²) in [6.07, 6.45) is 1.20. The molecule has 71 valence electrons. The minimum atomic E-state index is -4.05. The van der Waals surface area contributed by atoms with Gasteiger partial charge in [-0.1, -0.05) is 0 Å². The lowest BCUT2D eigenvalue weighted by Crippen LogP contribution is -2.37. The lowest BCUT2D eigenvalue weighted by molar-refractivity contribution is -0.116. The van der Waals surface area contributed by atoms with Crippen molar-refractivity contribution in [3.63, 3.8) is 0 Å². The molecule has 0 fully saturated rings. The van der Waals surface area contributed by atoms with E-state index in [9.17, 15) is 21.6 Å². The van der Waals surface area contributed by atoms with Crippen LogP contribution in [0.15, 0.2) is 0 Å². The van der Waals surface area contributed by atoms with Crippen molar-refractivity contribution in [2.75, 3.05) is 12.5 Å². The molecule has 6 nitrogen and oxygen atoms in total. The van der Waals surface area contributed by atoms with Crippen LogP contribution in [-0.4, -0.2) is 39.8 Å². The molecule has 12 heavy (non-hydrogen) atoms. The molecule has 0 spiro atoms. The van der Waals surface area contributed by atoms with Crippen molar-refractivity contribution in [1.82, 2.24) is 5.73 Å². The molecule has 0 atom stereocenters. The highest BCUT2D eigenvalue weighted by Gasteiger charge is 2.37. The van der Waals surface area contributed by atoms with Crippen molar-refractivity contribution in [3.05, 3.63) is 0 Å². The van der Waals surface area contributed by atoms with Crippen LogP contribution in [0.3, 0.4) is 0 Å². The first-order chi connectivity index (χ1) is 5.07. The fraction of sp³-hybridized carbons (Fsp3) is 0.750. The SMILES string of the molecule is CS(=O)(=O)C(C([NH])=O)S(C)(=O)=O. The third kappa shape index (κ3) is 2.78. The van der Waals surface area contributed by atoms with Crippen LogP contribution < -0.4 is 5.73 Å². The van der Waals surface area contributed by atoms with Crippen LogP contribution >= 0.6 is 0 Å². The highest BCUT2D eigenvalue weighted by Crippen LogP contribution is 2.06. The maximum atomic E-state index is 10.7. The second-order valence-electron chi connectivity index (χ2n) is 2.36. The number of carbonyl (C=O) groups is 1. The average molecular weight is 214 g/mol. The van der Waals surface area contributed by atoms with E-state index in [-0.39, 0.29) is 0 Å². The van der Waals surface area contributed by atoms with Gasteiger partial charge in [-0.15, -0.1) is 0 Å². The Morgan fingerprint density at radius 1 is 1.08 bits per heavy atom. The highest BCUT2D eigenvalue weighted by molar-refractivity contribution is 8.09. The summed E-state index contributed by atoms with van der Waals surface area (Å²) in [5.41, 5.74) is 6.45. The van der Waals surface area contributed by atoms with Crippen LogP contribution in [0.5, 0.6) is 0 Å². The van der Waals surface area contributed by atoms with Crippen molar-refractivity contribution in [2.45, 2.75) is 4.58 Å². The molecule has 0 unspecified atom stereocenters. The third-order valence-corrected chi connectivity index (χ3v) is 5.07. The Hall–Kier alpha value is -0.630. The van der Waals surface area contributed by atoms with E-state index < -0.39 is 30.2 Å². The summed E-state index contributed by atoms with van der Waals surface area (Å²) in [7, 11) is -8.09. The van der Waals surface area contributed by atoms with Gasteiger partial charge in [0.2, 0.25) is 4.58 Å². The first kappa shape index (κ1) is 11.4. The number of hydrogen-bond acceptors (Lipinski definition) is 5. The van der Waals surface area contributed by atoms with Crippen LogP contribution in [0, 0.1) is 0 Å². The van der Waals surface area contributed by atoms with Crippen LogP contribution in [0.2, 0.25) is 0 Å². The zero-order valence-electron chi connectivity index (χ0n) is 6.44. The lowest BCUT2D eigenvalue weighted by Gasteiger charge is -2.06. The summed E-state index contributed by atoms with van der Waals surface area (Å²) in [5, 5.41) is 0. The molecule has 0 aliphatic rings. The molecule has 0 aromatic heterocycles. The molecule has 0 aromatic carbocycles. The van der Waals surface area contributed by atoms with Crippen LogP contribution in [0.1, 0.15) is 0 Å². The molecule has 8 heteroatoms. The molecule has 1 radical (unpaired) electrons. The van der Waals surface area contributed by atoms with E-state index in [1.807, 2.05) is 0 Å².